The lowest BCUT2D eigenvalue weighted by Crippen LogP contribution is -1.98. The third kappa shape index (κ3) is 1.27. The van der Waals surface area contributed by atoms with E-state index in [1.54, 1.807) is 18.2 Å². The molecule has 1 heterocycles. The van der Waals surface area contributed by atoms with E-state index in [2.05, 4.69) is 4.99 Å². The maximum absolute atomic E-state index is 11.5. The third-order valence-corrected chi connectivity index (χ3v) is 4.02. The Kier molecular flexibility index (Phi) is 1.98. The van der Waals surface area contributed by atoms with Crippen LogP contribution in [0.5, 0.6) is 0 Å². The molecule has 0 bridgehead atoms. The van der Waals surface area contributed by atoms with Crippen LogP contribution in [0.3, 0.4) is 0 Å². The number of benzene rings is 1. The molecule has 0 amide bonds. The van der Waals surface area contributed by atoms with E-state index in [9.17, 15) is 13.2 Å². The van der Waals surface area contributed by atoms with Gasteiger partial charge < -0.3 is 0 Å². The molecule has 1 aromatic carbocycles. The number of nitrogens with zero attached hydrogens (tertiary/aromatic N) is 1. The fraction of sp³-hybridized carbons (Fsp3) is 0.222. The summed E-state index contributed by atoms with van der Waals surface area (Å²) in [7, 11) is -3.14. The highest BCUT2D eigenvalue weighted by molar-refractivity contribution is 7.91. The van der Waals surface area contributed by atoms with E-state index in [0.717, 1.165) is 0 Å². The Morgan fingerprint density at radius 2 is 2.14 bits per heavy atom. The normalized spacial score (nSPS) is 17.1. The smallest absolute Gasteiger partial charge is 0.224 e. The van der Waals surface area contributed by atoms with Crippen molar-refractivity contribution in [2.45, 2.75) is 11.3 Å². The van der Waals surface area contributed by atoms with Gasteiger partial charge in [-0.15, -0.1) is 0 Å². The summed E-state index contributed by atoms with van der Waals surface area (Å²) in [6, 6.07) is 4.74. The molecule has 0 saturated heterocycles. The molecule has 4 nitrogen and oxygen atoms in total. The van der Waals surface area contributed by atoms with E-state index in [-0.39, 0.29) is 5.75 Å². The number of sulfone groups is 1. The van der Waals surface area contributed by atoms with Crippen molar-refractivity contribution in [3.63, 3.8) is 0 Å². The van der Waals surface area contributed by atoms with Crippen LogP contribution in [0.2, 0.25) is 0 Å². The quantitative estimate of drug-likeness (QED) is 0.511. The van der Waals surface area contributed by atoms with Gasteiger partial charge in [0.2, 0.25) is 6.08 Å². The molecule has 1 aliphatic rings. The summed E-state index contributed by atoms with van der Waals surface area (Å²) in [6.07, 6.45) is 1.85. The van der Waals surface area contributed by atoms with Gasteiger partial charge in [-0.3, -0.25) is 0 Å². The number of hydrogen-bond acceptors (Lipinski definition) is 4. The molecule has 0 spiro atoms. The Bertz CT molecular complexity index is 527. The van der Waals surface area contributed by atoms with Crippen molar-refractivity contribution in [1.29, 1.82) is 0 Å². The Labute approximate surface area is 81.2 Å². The average Bonchev–Trinajstić information content (AvgIpc) is 2.45. The molecule has 2 rings (SSSR count). The van der Waals surface area contributed by atoms with Crippen LogP contribution in [0.15, 0.2) is 28.1 Å². The van der Waals surface area contributed by atoms with Crippen molar-refractivity contribution in [3.05, 3.63) is 23.8 Å². The van der Waals surface area contributed by atoms with Gasteiger partial charge >= 0.3 is 0 Å². The van der Waals surface area contributed by atoms with E-state index in [1.165, 1.54) is 6.08 Å². The lowest BCUT2D eigenvalue weighted by molar-refractivity contribution is 0.565. The first kappa shape index (κ1) is 9.12. The van der Waals surface area contributed by atoms with Crippen molar-refractivity contribution >= 4 is 21.6 Å². The zero-order valence-electron chi connectivity index (χ0n) is 7.23. The summed E-state index contributed by atoms with van der Waals surface area (Å²) in [5, 5.41) is 0. The van der Waals surface area contributed by atoms with Crippen molar-refractivity contribution in [2.75, 3.05) is 5.75 Å². The molecule has 0 fully saturated rings. The summed E-state index contributed by atoms with van der Waals surface area (Å²) < 4.78 is 22.9. The maximum Gasteiger partial charge on any atom is 0.240 e. The molecule has 0 aromatic heterocycles. The third-order valence-electron chi connectivity index (χ3n) is 2.23. The highest BCUT2D eigenvalue weighted by atomic mass is 32.2. The van der Waals surface area contributed by atoms with Gasteiger partial charge in [0.15, 0.2) is 9.84 Å². The van der Waals surface area contributed by atoms with Crippen LogP contribution in [0.25, 0.3) is 0 Å². The molecule has 0 atom stereocenters. The fourth-order valence-corrected chi connectivity index (χ4v) is 3.16. The van der Waals surface area contributed by atoms with Gasteiger partial charge in [-0.05, 0) is 24.1 Å². The first-order valence-corrected chi connectivity index (χ1v) is 5.73. The molecule has 1 aliphatic heterocycles. The van der Waals surface area contributed by atoms with Crippen LogP contribution >= 0.6 is 0 Å². The number of rotatable bonds is 1. The number of aliphatic imine (C=N–C) groups is 1. The molecule has 0 aliphatic carbocycles. The Balaban J connectivity index is 2.73. The predicted molar refractivity (Wildman–Crippen MR) is 50.0 cm³/mol. The second-order valence-corrected chi connectivity index (χ2v) is 5.10. The van der Waals surface area contributed by atoms with Gasteiger partial charge in [0.05, 0.1) is 16.3 Å². The minimum absolute atomic E-state index is 0.105. The van der Waals surface area contributed by atoms with E-state index in [4.69, 9.17) is 0 Å². The first-order valence-electron chi connectivity index (χ1n) is 4.08. The molecule has 5 heteroatoms. The van der Waals surface area contributed by atoms with Crippen molar-refractivity contribution in [2.24, 2.45) is 4.99 Å². The molecule has 0 N–H and O–H groups in total. The van der Waals surface area contributed by atoms with E-state index >= 15 is 0 Å². The Morgan fingerprint density at radius 1 is 1.36 bits per heavy atom. The number of isocyanates is 1. The van der Waals surface area contributed by atoms with Crippen molar-refractivity contribution in [1.82, 2.24) is 0 Å². The van der Waals surface area contributed by atoms with Gasteiger partial charge in [-0.25, -0.2) is 13.2 Å². The summed E-state index contributed by atoms with van der Waals surface area (Å²) in [5.41, 5.74) is 1.05. The number of fused-ring (bicyclic) bond motifs is 1. The van der Waals surface area contributed by atoms with E-state index in [0.29, 0.717) is 22.6 Å². The molecule has 14 heavy (non-hydrogen) atoms. The van der Waals surface area contributed by atoms with E-state index in [1.807, 2.05) is 0 Å². The first-order chi connectivity index (χ1) is 6.65. The Morgan fingerprint density at radius 3 is 2.86 bits per heavy atom. The summed E-state index contributed by atoms with van der Waals surface area (Å²) >= 11 is 0. The van der Waals surface area contributed by atoms with Crippen LogP contribution < -0.4 is 0 Å². The van der Waals surface area contributed by atoms with E-state index < -0.39 is 9.84 Å². The molecular weight excluding hydrogens is 202 g/mol. The average molecular weight is 209 g/mol. The zero-order valence-corrected chi connectivity index (χ0v) is 8.04. The largest absolute Gasteiger partial charge is 0.240 e. The SMILES string of the molecule is O=C=Nc1cccc2c1CCS2(=O)=O. The summed E-state index contributed by atoms with van der Waals surface area (Å²) in [6.45, 7) is 0. The van der Waals surface area contributed by atoms with Gasteiger partial charge in [-0.1, -0.05) is 6.07 Å². The molecule has 72 valence electrons. The fourth-order valence-electron chi connectivity index (χ4n) is 1.60. The van der Waals surface area contributed by atoms with Crippen LogP contribution in [0, 0.1) is 0 Å². The monoisotopic (exact) mass is 209 g/mol. The van der Waals surface area contributed by atoms with Gasteiger partial charge in [0.25, 0.3) is 0 Å². The maximum atomic E-state index is 11.5. The van der Waals surface area contributed by atoms with Gasteiger partial charge in [0, 0.05) is 0 Å². The van der Waals surface area contributed by atoms with Crippen molar-refractivity contribution < 1.29 is 13.2 Å². The Hall–Kier alpha value is -1.45. The van der Waals surface area contributed by atoms with Crippen LogP contribution in [-0.2, 0) is 21.1 Å². The van der Waals surface area contributed by atoms with Crippen LogP contribution in [0.4, 0.5) is 5.69 Å². The molecule has 1 aromatic rings. The van der Waals surface area contributed by atoms with Crippen LogP contribution in [0.1, 0.15) is 5.56 Å². The molecule has 0 radical (unpaired) electrons. The highest BCUT2D eigenvalue weighted by Gasteiger charge is 2.27. The zero-order chi connectivity index (χ0) is 10.2. The highest BCUT2D eigenvalue weighted by Crippen LogP contribution is 2.32. The van der Waals surface area contributed by atoms with Gasteiger partial charge in [0.1, 0.15) is 0 Å². The minimum Gasteiger partial charge on any atom is -0.224 e. The number of carbonyl (C=O) groups excluding carboxylic acids is 1. The van der Waals surface area contributed by atoms with Crippen LogP contribution in [-0.4, -0.2) is 20.3 Å². The van der Waals surface area contributed by atoms with Gasteiger partial charge in [-0.2, -0.15) is 4.99 Å². The summed E-state index contributed by atoms with van der Waals surface area (Å²) in [4.78, 5) is 13.9. The molecule has 0 unspecified atom stereocenters. The number of hydrogen-bond donors (Lipinski definition) is 0. The lowest BCUT2D eigenvalue weighted by atomic mass is 10.1. The topological polar surface area (TPSA) is 63.6 Å². The molecular formula is C9H7NO3S. The lowest BCUT2D eigenvalue weighted by Gasteiger charge is -1.99. The predicted octanol–water partition coefficient (Wildman–Crippen LogP) is 0.984. The standard InChI is InChI=1S/C9H7NO3S/c11-6-10-8-2-1-3-9-7(8)4-5-14(9,12)13/h1-3H,4-5H2. The molecule has 0 saturated carbocycles. The second-order valence-electron chi connectivity index (χ2n) is 3.03. The minimum atomic E-state index is -3.14. The summed E-state index contributed by atoms with van der Waals surface area (Å²) in [5.74, 6) is 0.105. The van der Waals surface area contributed by atoms with Crippen molar-refractivity contribution in [3.8, 4) is 0 Å². The second kappa shape index (κ2) is 3.04.